The molecule has 1 unspecified atom stereocenters. The van der Waals surface area contributed by atoms with Gasteiger partial charge in [-0.2, -0.15) is 5.10 Å². The predicted octanol–water partition coefficient (Wildman–Crippen LogP) is 4.96. The van der Waals surface area contributed by atoms with E-state index in [1.807, 2.05) is 6.07 Å². The van der Waals surface area contributed by atoms with Gasteiger partial charge < -0.3 is 0 Å². The number of nitrogens with one attached hydrogen (secondary N) is 1. The fourth-order valence-corrected chi connectivity index (χ4v) is 3.05. The molecular formula is C20H19N3. The van der Waals surface area contributed by atoms with Crippen LogP contribution in [0.4, 0.5) is 0 Å². The molecule has 1 aliphatic rings. The van der Waals surface area contributed by atoms with Crippen LogP contribution < -0.4 is 0 Å². The molecule has 23 heavy (non-hydrogen) atoms. The van der Waals surface area contributed by atoms with E-state index in [9.17, 15) is 0 Å². The highest BCUT2D eigenvalue weighted by molar-refractivity contribution is 5.67. The standard InChI is InChI=1S/C20H19N3/c1-3-7-15(8-4-1)16-11-13-18(14-12-16)20-21-19(22-23-20)17-9-5-2-6-10-17/h1,3-5,7-9,11-14,17H,2,6,10H2,(H,21,22,23). The molecule has 0 aliphatic heterocycles. The average molecular weight is 301 g/mol. The number of aromatic amines is 1. The van der Waals surface area contributed by atoms with Gasteiger partial charge in [-0.15, -0.1) is 0 Å². The predicted molar refractivity (Wildman–Crippen MR) is 93.0 cm³/mol. The van der Waals surface area contributed by atoms with E-state index >= 15 is 0 Å². The van der Waals surface area contributed by atoms with E-state index in [1.165, 1.54) is 24.0 Å². The Morgan fingerprint density at radius 1 is 0.870 bits per heavy atom. The minimum atomic E-state index is 0.383. The second-order valence-corrected chi connectivity index (χ2v) is 5.95. The molecule has 0 spiro atoms. The van der Waals surface area contributed by atoms with Gasteiger partial charge in [-0.05, 0) is 30.4 Å². The summed E-state index contributed by atoms with van der Waals surface area (Å²) in [6.45, 7) is 0. The van der Waals surface area contributed by atoms with Gasteiger partial charge in [0.2, 0.25) is 0 Å². The molecule has 4 rings (SSSR count). The molecule has 1 heterocycles. The summed E-state index contributed by atoms with van der Waals surface area (Å²) < 4.78 is 0. The Balaban J connectivity index is 1.58. The maximum atomic E-state index is 4.69. The van der Waals surface area contributed by atoms with Crippen LogP contribution in [0.2, 0.25) is 0 Å². The number of benzene rings is 2. The minimum absolute atomic E-state index is 0.383. The highest BCUT2D eigenvalue weighted by Gasteiger charge is 2.16. The molecule has 1 aromatic heterocycles. The lowest BCUT2D eigenvalue weighted by molar-refractivity contribution is 0.627. The molecule has 3 nitrogen and oxygen atoms in total. The Morgan fingerprint density at radius 3 is 2.35 bits per heavy atom. The van der Waals surface area contributed by atoms with E-state index < -0.39 is 0 Å². The number of aromatic nitrogens is 3. The first-order chi connectivity index (χ1) is 11.4. The second-order valence-electron chi connectivity index (χ2n) is 5.95. The van der Waals surface area contributed by atoms with Crippen LogP contribution in [0, 0.1) is 0 Å². The fourth-order valence-electron chi connectivity index (χ4n) is 3.05. The third-order valence-corrected chi connectivity index (χ3v) is 4.36. The molecule has 0 radical (unpaired) electrons. The summed E-state index contributed by atoms with van der Waals surface area (Å²) in [6.07, 6.45) is 8.04. The highest BCUT2D eigenvalue weighted by atomic mass is 15.2. The number of rotatable bonds is 3. The molecule has 1 N–H and O–H groups in total. The van der Waals surface area contributed by atoms with Gasteiger partial charge in [0.1, 0.15) is 5.82 Å². The zero-order valence-corrected chi connectivity index (χ0v) is 12.9. The van der Waals surface area contributed by atoms with Crippen LogP contribution >= 0.6 is 0 Å². The lowest BCUT2D eigenvalue weighted by Gasteiger charge is -2.12. The van der Waals surface area contributed by atoms with Crippen molar-refractivity contribution in [2.45, 2.75) is 25.2 Å². The van der Waals surface area contributed by atoms with Crippen LogP contribution in [0.3, 0.4) is 0 Å². The lowest BCUT2D eigenvalue weighted by atomic mass is 9.95. The summed E-state index contributed by atoms with van der Waals surface area (Å²) in [5.74, 6) is 2.13. The van der Waals surface area contributed by atoms with Gasteiger partial charge in [0.05, 0.1) is 0 Å². The smallest absolute Gasteiger partial charge is 0.181 e. The molecular weight excluding hydrogens is 282 g/mol. The summed E-state index contributed by atoms with van der Waals surface area (Å²) in [5.41, 5.74) is 3.48. The van der Waals surface area contributed by atoms with Crippen molar-refractivity contribution in [2.24, 2.45) is 0 Å². The molecule has 3 heteroatoms. The second kappa shape index (κ2) is 6.21. The van der Waals surface area contributed by atoms with Crippen LogP contribution in [0.1, 0.15) is 31.0 Å². The molecule has 1 atom stereocenters. The van der Waals surface area contributed by atoms with Crippen molar-refractivity contribution in [3.8, 4) is 22.5 Å². The monoisotopic (exact) mass is 301 g/mol. The largest absolute Gasteiger partial charge is 0.262 e. The first kappa shape index (κ1) is 13.9. The molecule has 0 bridgehead atoms. The number of allylic oxidation sites excluding steroid dienone is 2. The summed E-state index contributed by atoms with van der Waals surface area (Å²) in [7, 11) is 0. The van der Waals surface area contributed by atoms with Crippen molar-refractivity contribution in [1.29, 1.82) is 0 Å². The van der Waals surface area contributed by atoms with Gasteiger partial charge >= 0.3 is 0 Å². The van der Waals surface area contributed by atoms with Crippen LogP contribution in [-0.4, -0.2) is 15.2 Å². The third kappa shape index (κ3) is 2.95. The van der Waals surface area contributed by atoms with Crippen molar-refractivity contribution < 1.29 is 0 Å². The van der Waals surface area contributed by atoms with Crippen molar-refractivity contribution in [1.82, 2.24) is 15.2 Å². The quantitative estimate of drug-likeness (QED) is 0.694. The van der Waals surface area contributed by atoms with Gasteiger partial charge in [0.15, 0.2) is 5.82 Å². The van der Waals surface area contributed by atoms with Crippen LogP contribution in [-0.2, 0) is 0 Å². The minimum Gasteiger partial charge on any atom is -0.262 e. The number of nitrogens with zero attached hydrogens (tertiary/aromatic N) is 2. The molecule has 0 saturated carbocycles. The maximum Gasteiger partial charge on any atom is 0.181 e. The maximum absolute atomic E-state index is 4.69. The van der Waals surface area contributed by atoms with Crippen molar-refractivity contribution in [2.75, 3.05) is 0 Å². The Kier molecular flexibility index (Phi) is 3.76. The number of hydrogen-bond acceptors (Lipinski definition) is 2. The van der Waals surface area contributed by atoms with E-state index in [0.717, 1.165) is 23.6 Å². The molecule has 0 amide bonds. The zero-order valence-electron chi connectivity index (χ0n) is 12.9. The van der Waals surface area contributed by atoms with Gasteiger partial charge in [-0.25, -0.2) is 4.98 Å². The fraction of sp³-hybridized carbons (Fsp3) is 0.200. The Hall–Kier alpha value is -2.68. The third-order valence-electron chi connectivity index (χ3n) is 4.36. The van der Waals surface area contributed by atoms with Gasteiger partial charge in [0, 0.05) is 11.5 Å². The highest BCUT2D eigenvalue weighted by Crippen LogP contribution is 2.27. The SMILES string of the molecule is C1=CC(c2nc(-c3ccc(-c4ccccc4)cc3)n[nH]2)CCC1. The summed E-state index contributed by atoms with van der Waals surface area (Å²) in [6, 6.07) is 18.8. The van der Waals surface area contributed by atoms with Crippen molar-refractivity contribution in [3.05, 3.63) is 72.6 Å². The number of hydrogen-bond donors (Lipinski definition) is 1. The Bertz CT molecular complexity index is 800. The molecule has 0 fully saturated rings. The van der Waals surface area contributed by atoms with Crippen molar-refractivity contribution >= 4 is 0 Å². The van der Waals surface area contributed by atoms with Crippen LogP contribution in [0.5, 0.6) is 0 Å². The summed E-state index contributed by atoms with van der Waals surface area (Å²) in [5, 5.41) is 7.50. The Morgan fingerprint density at radius 2 is 1.61 bits per heavy atom. The van der Waals surface area contributed by atoms with E-state index in [1.54, 1.807) is 0 Å². The van der Waals surface area contributed by atoms with E-state index in [2.05, 4.69) is 75.9 Å². The average Bonchev–Trinajstić information content (AvgIpc) is 3.14. The number of H-pyrrole nitrogens is 1. The molecule has 3 aromatic rings. The van der Waals surface area contributed by atoms with E-state index in [0.29, 0.717) is 5.92 Å². The molecule has 114 valence electrons. The van der Waals surface area contributed by atoms with E-state index in [4.69, 9.17) is 0 Å². The van der Waals surface area contributed by atoms with Gasteiger partial charge in [-0.1, -0.05) is 66.7 Å². The van der Waals surface area contributed by atoms with Gasteiger partial charge in [-0.3, -0.25) is 5.10 Å². The summed E-state index contributed by atoms with van der Waals surface area (Å²) in [4.78, 5) is 4.69. The lowest BCUT2D eigenvalue weighted by Crippen LogP contribution is -2.01. The zero-order chi connectivity index (χ0) is 15.5. The molecule has 0 saturated heterocycles. The summed E-state index contributed by atoms with van der Waals surface area (Å²) >= 11 is 0. The normalized spacial score (nSPS) is 17.3. The molecule has 1 aliphatic carbocycles. The van der Waals surface area contributed by atoms with Crippen LogP contribution in [0.25, 0.3) is 22.5 Å². The van der Waals surface area contributed by atoms with Crippen LogP contribution in [0.15, 0.2) is 66.7 Å². The topological polar surface area (TPSA) is 41.6 Å². The first-order valence-electron chi connectivity index (χ1n) is 8.15. The first-order valence-corrected chi connectivity index (χ1v) is 8.15. The Labute approximate surface area is 136 Å². The van der Waals surface area contributed by atoms with Gasteiger partial charge in [0.25, 0.3) is 0 Å². The van der Waals surface area contributed by atoms with Crippen molar-refractivity contribution in [3.63, 3.8) is 0 Å². The molecule has 2 aromatic carbocycles. The van der Waals surface area contributed by atoms with E-state index in [-0.39, 0.29) is 0 Å².